The number of aromatic nitrogens is 1. The van der Waals surface area contributed by atoms with Crippen LogP contribution in [0.25, 0.3) is 0 Å². The highest BCUT2D eigenvalue weighted by Crippen LogP contribution is 2.24. The Kier molecular flexibility index (Phi) is 6.22. The molecule has 2 aromatic carbocycles. The Morgan fingerprint density at radius 1 is 1.10 bits per heavy atom. The lowest BCUT2D eigenvalue weighted by Crippen LogP contribution is -2.27. The normalized spacial score (nSPS) is 11.0. The number of carbonyl (C=O) groups excluding carboxylic acids is 1. The van der Waals surface area contributed by atoms with E-state index in [1.165, 1.54) is 24.4 Å². The van der Waals surface area contributed by atoms with E-state index in [0.717, 1.165) is 6.20 Å². The third-order valence-corrected chi connectivity index (χ3v) is 5.71. The minimum Gasteiger partial charge on any atom is -0.619 e. The van der Waals surface area contributed by atoms with Crippen molar-refractivity contribution in [3.63, 3.8) is 0 Å². The number of nitrogens with zero attached hydrogens (tertiary/aromatic N) is 1. The number of sulfonamides is 1. The number of aryl methyl sites for hydroxylation is 1. The van der Waals surface area contributed by atoms with Crippen LogP contribution in [0.4, 0.5) is 11.4 Å². The molecule has 3 rings (SSSR count). The zero-order valence-electron chi connectivity index (χ0n) is 16.5. The number of ether oxygens (including phenoxy) is 1. The molecule has 30 heavy (non-hydrogen) atoms. The second kappa shape index (κ2) is 8.83. The number of rotatable bonds is 7. The fourth-order valence-electron chi connectivity index (χ4n) is 2.76. The number of hydrogen-bond acceptors (Lipinski definition) is 5. The SMILES string of the molecule is CCOc1ccc(NS(=O)(=O)c2cc(NC(=O)c3ccc[n+]([O-])c3)ccc2C)cc1. The zero-order valence-corrected chi connectivity index (χ0v) is 17.3. The summed E-state index contributed by atoms with van der Waals surface area (Å²) < 4.78 is 34.2. The minimum atomic E-state index is -3.90. The van der Waals surface area contributed by atoms with Gasteiger partial charge in [0.15, 0.2) is 12.4 Å². The number of carbonyl (C=O) groups is 1. The molecule has 2 N–H and O–H groups in total. The zero-order chi connectivity index (χ0) is 21.7. The van der Waals surface area contributed by atoms with Crippen molar-refractivity contribution in [2.24, 2.45) is 0 Å². The molecule has 1 aromatic heterocycles. The monoisotopic (exact) mass is 427 g/mol. The first kappa shape index (κ1) is 21.1. The van der Waals surface area contributed by atoms with Gasteiger partial charge in [-0.2, -0.15) is 4.73 Å². The van der Waals surface area contributed by atoms with E-state index < -0.39 is 15.9 Å². The van der Waals surface area contributed by atoms with E-state index in [1.54, 1.807) is 43.3 Å². The molecule has 1 heterocycles. The summed E-state index contributed by atoms with van der Waals surface area (Å²) in [6.07, 6.45) is 2.40. The fraction of sp³-hybridized carbons (Fsp3) is 0.143. The van der Waals surface area contributed by atoms with Crippen molar-refractivity contribution < 1.29 is 22.7 Å². The fourth-order valence-corrected chi connectivity index (χ4v) is 4.09. The van der Waals surface area contributed by atoms with Crippen LogP contribution in [0.1, 0.15) is 22.8 Å². The van der Waals surface area contributed by atoms with Crippen LogP contribution in [0.15, 0.2) is 71.9 Å². The minimum absolute atomic E-state index is 0.0288. The average molecular weight is 427 g/mol. The maximum absolute atomic E-state index is 12.9. The molecule has 0 aliphatic heterocycles. The molecule has 0 aliphatic rings. The molecule has 0 fully saturated rings. The third kappa shape index (κ3) is 5.06. The number of anilines is 2. The molecule has 3 aromatic rings. The lowest BCUT2D eigenvalue weighted by atomic mass is 10.2. The van der Waals surface area contributed by atoms with Crippen molar-refractivity contribution in [2.75, 3.05) is 16.6 Å². The maximum Gasteiger partial charge on any atom is 0.262 e. The molecule has 0 saturated carbocycles. The quantitative estimate of drug-likeness (QED) is 0.445. The first-order valence-electron chi connectivity index (χ1n) is 9.15. The summed E-state index contributed by atoms with van der Waals surface area (Å²) >= 11 is 0. The van der Waals surface area contributed by atoms with Gasteiger partial charge >= 0.3 is 0 Å². The number of benzene rings is 2. The smallest absolute Gasteiger partial charge is 0.262 e. The van der Waals surface area contributed by atoms with Gasteiger partial charge in [-0.05, 0) is 61.9 Å². The Morgan fingerprint density at radius 3 is 2.47 bits per heavy atom. The van der Waals surface area contributed by atoms with E-state index in [4.69, 9.17) is 4.74 Å². The second-order valence-electron chi connectivity index (χ2n) is 6.45. The van der Waals surface area contributed by atoms with Crippen LogP contribution < -0.4 is 19.5 Å². The molecule has 9 heteroatoms. The van der Waals surface area contributed by atoms with E-state index in [-0.39, 0.29) is 10.5 Å². The highest BCUT2D eigenvalue weighted by Gasteiger charge is 2.19. The Bertz CT molecular complexity index is 1160. The Hall–Kier alpha value is -3.59. The van der Waals surface area contributed by atoms with Gasteiger partial charge in [-0.1, -0.05) is 6.07 Å². The Balaban J connectivity index is 1.82. The van der Waals surface area contributed by atoms with Crippen molar-refractivity contribution >= 4 is 27.3 Å². The van der Waals surface area contributed by atoms with Gasteiger partial charge in [0.25, 0.3) is 15.9 Å². The number of amides is 1. The summed E-state index contributed by atoms with van der Waals surface area (Å²) in [7, 11) is -3.90. The summed E-state index contributed by atoms with van der Waals surface area (Å²) in [6.45, 7) is 4.04. The molecular formula is C21H21N3O5S. The first-order valence-corrected chi connectivity index (χ1v) is 10.6. The van der Waals surface area contributed by atoms with Crippen LogP contribution >= 0.6 is 0 Å². The largest absolute Gasteiger partial charge is 0.619 e. The third-order valence-electron chi connectivity index (χ3n) is 4.19. The van der Waals surface area contributed by atoms with Gasteiger partial charge in [-0.3, -0.25) is 9.52 Å². The van der Waals surface area contributed by atoms with E-state index in [9.17, 15) is 18.4 Å². The van der Waals surface area contributed by atoms with Gasteiger partial charge in [-0.15, -0.1) is 0 Å². The summed E-state index contributed by atoms with van der Waals surface area (Å²) in [5.74, 6) is 0.119. The maximum atomic E-state index is 12.9. The molecule has 0 atom stereocenters. The molecule has 0 saturated heterocycles. The predicted octanol–water partition coefficient (Wildman–Crippen LogP) is 3.08. The predicted molar refractivity (Wildman–Crippen MR) is 113 cm³/mol. The van der Waals surface area contributed by atoms with Crippen molar-refractivity contribution in [2.45, 2.75) is 18.7 Å². The van der Waals surface area contributed by atoms with Crippen molar-refractivity contribution in [3.8, 4) is 5.75 Å². The summed E-state index contributed by atoms with van der Waals surface area (Å²) in [5, 5.41) is 14.0. The number of pyridine rings is 1. The summed E-state index contributed by atoms with van der Waals surface area (Å²) in [5.41, 5.74) is 1.35. The second-order valence-corrected chi connectivity index (χ2v) is 8.10. The van der Waals surface area contributed by atoms with Gasteiger partial charge in [0, 0.05) is 17.4 Å². The van der Waals surface area contributed by atoms with Gasteiger partial charge < -0.3 is 15.3 Å². The molecule has 0 unspecified atom stereocenters. The molecule has 0 spiro atoms. The molecule has 0 bridgehead atoms. The molecular weight excluding hydrogens is 406 g/mol. The van der Waals surface area contributed by atoms with Gasteiger partial charge in [0.05, 0.1) is 11.5 Å². The summed E-state index contributed by atoms with van der Waals surface area (Å²) in [6, 6.07) is 14.1. The van der Waals surface area contributed by atoms with Crippen LogP contribution in [-0.4, -0.2) is 20.9 Å². The van der Waals surface area contributed by atoms with Crippen LogP contribution in [0.2, 0.25) is 0 Å². The van der Waals surface area contributed by atoms with Gasteiger partial charge in [-0.25, -0.2) is 8.42 Å². The van der Waals surface area contributed by atoms with Crippen molar-refractivity contribution in [3.05, 3.63) is 83.3 Å². The molecule has 156 valence electrons. The highest BCUT2D eigenvalue weighted by molar-refractivity contribution is 7.92. The molecule has 8 nitrogen and oxygen atoms in total. The van der Waals surface area contributed by atoms with Crippen molar-refractivity contribution in [1.29, 1.82) is 0 Å². The van der Waals surface area contributed by atoms with E-state index in [0.29, 0.717) is 34.0 Å². The van der Waals surface area contributed by atoms with E-state index >= 15 is 0 Å². The van der Waals surface area contributed by atoms with Gasteiger partial charge in [0.2, 0.25) is 0 Å². The Labute approximate surface area is 174 Å². The van der Waals surface area contributed by atoms with Crippen LogP contribution in [0.3, 0.4) is 0 Å². The van der Waals surface area contributed by atoms with Crippen LogP contribution in [-0.2, 0) is 10.0 Å². The van der Waals surface area contributed by atoms with Crippen LogP contribution in [0.5, 0.6) is 5.75 Å². The lowest BCUT2D eigenvalue weighted by molar-refractivity contribution is -0.605. The van der Waals surface area contributed by atoms with Crippen LogP contribution in [0, 0.1) is 12.1 Å². The lowest BCUT2D eigenvalue weighted by Gasteiger charge is -2.13. The first-order chi connectivity index (χ1) is 14.3. The van der Waals surface area contributed by atoms with Gasteiger partial charge in [0.1, 0.15) is 11.3 Å². The summed E-state index contributed by atoms with van der Waals surface area (Å²) in [4.78, 5) is 12.4. The van der Waals surface area contributed by atoms with E-state index in [2.05, 4.69) is 10.0 Å². The highest BCUT2D eigenvalue weighted by atomic mass is 32.2. The number of nitrogens with one attached hydrogen (secondary N) is 2. The average Bonchev–Trinajstić information content (AvgIpc) is 2.71. The standard InChI is InChI=1S/C21H21N3O5S/c1-3-29-19-10-8-17(9-11-19)23-30(27,28)20-13-18(7-6-15(20)2)22-21(25)16-5-4-12-24(26)14-16/h4-14,23H,3H2,1-2H3,(H,22,25). The molecule has 0 aliphatic carbocycles. The Morgan fingerprint density at radius 2 is 1.80 bits per heavy atom. The number of hydrogen-bond donors (Lipinski definition) is 2. The van der Waals surface area contributed by atoms with Crippen molar-refractivity contribution in [1.82, 2.24) is 0 Å². The van der Waals surface area contributed by atoms with E-state index in [1.807, 2.05) is 6.92 Å². The molecule has 1 amide bonds. The topological polar surface area (TPSA) is 111 Å². The molecule has 0 radical (unpaired) electrons.